The van der Waals surface area contributed by atoms with Crippen LogP contribution in [0.15, 0.2) is 34.7 Å². The van der Waals surface area contributed by atoms with E-state index in [-0.39, 0.29) is 5.76 Å². The molecule has 1 aromatic carbocycles. The highest BCUT2D eigenvalue weighted by molar-refractivity contribution is 6.31. The second-order valence-electron chi connectivity index (χ2n) is 4.09. The van der Waals surface area contributed by atoms with Gasteiger partial charge in [0.2, 0.25) is 5.91 Å². The zero-order chi connectivity index (χ0) is 14.0. The maximum Gasteiger partial charge on any atom is 0.293 e. The van der Waals surface area contributed by atoms with Crippen molar-refractivity contribution in [3.63, 3.8) is 0 Å². The van der Waals surface area contributed by atoms with Crippen LogP contribution in [0, 0.1) is 6.92 Å². The van der Waals surface area contributed by atoms with E-state index in [1.54, 1.807) is 12.1 Å². The van der Waals surface area contributed by atoms with Crippen molar-refractivity contribution in [2.24, 2.45) is 0 Å². The fraction of sp³-hybridized carbons (Fsp3) is 0.143. The summed E-state index contributed by atoms with van der Waals surface area (Å²) in [6, 6.07) is 8.64. The fourth-order valence-corrected chi connectivity index (χ4v) is 1.88. The van der Waals surface area contributed by atoms with Crippen LogP contribution in [0.25, 0.3) is 11.3 Å². The number of imide groups is 1. The smallest absolute Gasteiger partial charge is 0.293 e. The Morgan fingerprint density at radius 2 is 1.95 bits per heavy atom. The van der Waals surface area contributed by atoms with E-state index in [0.29, 0.717) is 10.8 Å². The molecule has 0 atom stereocenters. The minimum absolute atomic E-state index is 0.0876. The topological polar surface area (TPSA) is 59.3 Å². The van der Waals surface area contributed by atoms with E-state index >= 15 is 0 Å². The quantitative estimate of drug-likeness (QED) is 0.917. The van der Waals surface area contributed by atoms with Crippen molar-refractivity contribution >= 4 is 23.4 Å². The Kier molecular flexibility index (Phi) is 3.71. The highest BCUT2D eigenvalue weighted by atomic mass is 35.5. The lowest BCUT2D eigenvalue weighted by atomic mass is 10.1. The number of carbonyl (C=O) groups is 2. The van der Waals surface area contributed by atoms with Crippen molar-refractivity contribution in [3.8, 4) is 11.3 Å². The molecule has 0 spiro atoms. The van der Waals surface area contributed by atoms with Gasteiger partial charge in [0, 0.05) is 17.5 Å². The number of benzene rings is 1. The monoisotopic (exact) mass is 277 g/mol. The number of hydrogen-bond donors (Lipinski definition) is 1. The number of hydrogen-bond acceptors (Lipinski definition) is 3. The summed E-state index contributed by atoms with van der Waals surface area (Å²) in [5, 5.41) is 2.78. The van der Waals surface area contributed by atoms with Crippen molar-refractivity contribution in [1.82, 2.24) is 5.32 Å². The molecule has 1 N–H and O–H groups in total. The molecule has 0 saturated heterocycles. The summed E-state index contributed by atoms with van der Waals surface area (Å²) < 4.78 is 5.45. The lowest BCUT2D eigenvalue weighted by Crippen LogP contribution is -2.27. The predicted octanol–water partition coefficient (Wildman–Crippen LogP) is 3.18. The SMILES string of the molecule is CC(=O)NC(=O)c1ccc(-c2cccc(Cl)c2C)o1. The molecule has 0 aliphatic rings. The predicted molar refractivity (Wildman–Crippen MR) is 72.0 cm³/mol. The highest BCUT2D eigenvalue weighted by Crippen LogP contribution is 2.29. The third-order valence-electron chi connectivity index (χ3n) is 2.65. The van der Waals surface area contributed by atoms with E-state index in [1.165, 1.54) is 13.0 Å². The Morgan fingerprint density at radius 1 is 1.21 bits per heavy atom. The van der Waals surface area contributed by atoms with Gasteiger partial charge < -0.3 is 4.42 Å². The molecule has 2 rings (SSSR count). The van der Waals surface area contributed by atoms with Crippen LogP contribution >= 0.6 is 11.6 Å². The summed E-state index contributed by atoms with van der Waals surface area (Å²) in [5.41, 5.74) is 1.69. The van der Waals surface area contributed by atoms with Gasteiger partial charge in [-0.2, -0.15) is 0 Å². The molecule has 5 heteroatoms. The van der Waals surface area contributed by atoms with E-state index in [9.17, 15) is 9.59 Å². The molecule has 0 saturated carbocycles. The van der Waals surface area contributed by atoms with Gasteiger partial charge in [-0.15, -0.1) is 0 Å². The van der Waals surface area contributed by atoms with Crippen molar-refractivity contribution in [1.29, 1.82) is 0 Å². The van der Waals surface area contributed by atoms with Crippen LogP contribution in [0.4, 0.5) is 0 Å². The van der Waals surface area contributed by atoms with E-state index in [1.807, 2.05) is 19.1 Å². The van der Waals surface area contributed by atoms with Crippen molar-refractivity contribution in [3.05, 3.63) is 46.7 Å². The molecule has 2 aromatic rings. The first-order valence-electron chi connectivity index (χ1n) is 5.66. The average molecular weight is 278 g/mol. The fourth-order valence-electron chi connectivity index (χ4n) is 1.70. The van der Waals surface area contributed by atoms with Gasteiger partial charge in [0.25, 0.3) is 5.91 Å². The lowest BCUT2D eigenvalue weighted by Gasteiger charge is -2.04. The molecule has 0 bridgehead atoms. The molecule has 0 fully saturated rings. The standard InChI is InChI=1S/C14H12ClNO3/c1-8-10(4-3-5-11(8)15)12-6-7-13(19-12)14(18)16-9(2)17/h3-7H,1-2H3,(H,16,17,18). The van der Waals surface area contributed by atoms with Crippen LogP contribution in [0.5, 0.6) is 0 Å². The molecule has 0 aliphatic carbocycles. The van der Waals surface area contributed by atoms with Crippen LogP contribution in [0.3, 0.4) is 0 Å². The van der Waals surface area contributed by atoms with Crippen LogP contribution in [0.2, 0.25) is 5.02 Å². The van der Waals surface area contributed by atoms with Gasteiger partial charge in [0.1, 0.15) is 5.76 Å². The van der Waals surface area contributed by atoms with E-state index in [4.69, 9.17) is 16.0 Å². The van der Waals surface area contributed by atoms with Crippen LogP contribution in [-0.4, -0.2) is 11.8 Å². The summed E-state index contributed by atoms with van der Waals surface area (Å²) in [4.78, 5) is 22.4. The van der Waals surface area contributed by atoms with Crippen molar-refractivity contribution in [2.45, 2.75) is 13.8 Å². The largest absolute Gasteiger partial charge is 0.451 e. The summed E-state index contributed by atoms with van der Waals surface area (Å²) in [7, 11) is 0. The summed E-state index contributed by atoms with van der Waals surface area (Å²) >= 11 is 6.04. The molecule has 98 valence electrons. The first-order chi connectivity index (χ1) is 8.99. The summed E-state index contributed by atoms with van der Waals surface area (Å²) in [6.45, 7) is 3.14. The number of rotatable bonds is 2. The minimum atomic E-state index is -0.557. The first-order valence-corrected chi connectivity index (χ1v) is 6.04. The molecule has 0 unspecified atom stereocenters. The van der Waals surface area contributed by atoms with E-state index < -0.39 is 11.8 Å². The number of nitrogens with one attached hydrogen (secondary N) is 1. The maximum absolute atomic E-state index is 11.6. The van der Waals surface area contributed by atoms with Crippen LogP contribution in [-0.2, 0) is 4.79 Å². The van der Waals surface area contributed by atoms with Crippen LogP contribution in [0.1, 0.15) is 23.0 Å². The Labute approximate surface area is 115 Å². The summed E-state index contributed by atoms with van der Waals surface area (Å²) in [5.74, 6) is -0.362. The first kappa shape index (κ1) is 13.4. The number of furan rings is 1. The van der Waals surface area contributed by atoms with Gasteiger partial charge in [-0.3, -0.25) is 14.9 Å². The van der Waals surface area contributed by atoms with Crippen LogP contribution < -0.4 is 5.32 Å². The maximum atomic E-state index is 11.6. The second kappa shape index (κ2) is 5.28. The summed E-state index contributed by atoms with van der Waals surface area (Å²) in [6.07, 6.45) is 0. The van der Waals surface area contributed by atoms with Gasteiger partial charge in [-0.1, -0.05) is 23.7 Å². The third-order valence-corrected chi connectivity index (χ3v) is 3.06. The van der Waals surface area contributed by atoms with Crippen molar-refractivity contribution < 1.29 is 14.0 Å². The Hall–Kier alpha value is -2.07. The molecule has 4 nitrogen and oxygen atoms in total. The number of carbonyl (C=O) groups excluding carboxylic acids is 2. The molecule has 0 aliphatic heterocycles. The van der Waals surface area contributed by atoms with Crippen molar-refractivity contribution in [2.75, 3.05) is 0 Å². The molecule has 2 amide bonds. The lowest BCUT2D eigenvalue weighted by molar-refractivity contribution is -0.118. The number of halogens is 1. The second-order valence-corrected chi connectivity index (χ2v) is 4.49. The zero-order valence-corrected chi connectivity index (χ0v) is 11.2. The molecule has 1 aromatic heterocycles. The van der Waals surface area contributed by atoms with E-state index in [2.05, 4.69) is 5.32 Å². The third kappa shape index (κ3) is 2.85. The normalized spacial score (nSPS) is 10.3. The number of amides is 2. The molecule has 19 heavy (non-hydrogen) atoms. The Bertz CT molecular complexity index is 646. The molecular weight excluding hydrogens is 266 g/mol. The van der Waals surface area contributed by atoms with Gasteiger partial charge in [-0.05, 0) is 30.7 Å². The Morgan fingerprint density at radius 3 is 2.63 bits per heavy atom. The van der Waals surface area contributed by atoms with Gasteiger partial charge in [-0.25, -0.2) is 0 Å². The average Bonchev–Trinajstić information content (AvgIpc) is 2.81. The van der Waals surface area contributed by atoms with E-state index in [0.717, 1.165) is 11.1 Å². The molecular formula is C14H12ClNO3. The molecule has 1 heterocycles. The zero-order valence-electron chi connectivity index (χ0n) is 10.5. The molecule has 0 radical (unpaired) electrons. The van der Waals surface area contributed by atoms with Gasteiger partial charge in [0.15, 0.2) is 5.76 Å². The highest BCUT2D eigenvalue weighted by Gasteiger charge is 2.14. The van der Waals surface area contributed by atoms with Gasteiger partial charge in [0.05, 0.1) is 0 Å². The minimum Gasteiger partial charge on any atom is -0.451 e. The Balaban J connectivity index is 2.33. The van der Waals surface area contributed by atoms with Gasteiger partial charge >= 0.3 is 0 Å².